The van der Waals surface area contributed by atoms with Crippen molar-refractivity contribution in [1.82, 2.24) is 10.2 Å². The van der Waals surface area contributed by atoms with Crippen molar-refractivity contribution in [3.8, 4) is 0 Å². The lowest BCUT2D eigenvalue weighted by molar-refractivity contribution is 0.0827. The number of carbonyl (C=O) groups excluding carboxylic acids is 1. The van der Waals surface area contributed by atoms with E-state index in [9.17, 15) is 4.79 Å². The molecule has 1 fully saturated rings. The van der Waals surface area contributed by atoms with E-state index in [4.69, 9.17) is 4.99 Å². The Morgan fingerprint density at radius 2 is 1.96 bits per heavy atom. The topological polar surface area (TPSA) is 56.7 Å². The molecule has 0 unspecified atom stereocenters. The number of nitrogens with one attached hydrogen (secondary N) is 2. The summed E-state index contributed by atoms with van der Waals surface area (Å²) in [5.41, 5.74) is 3.75. The van der Waals surface area contributed by atoms with Gasteiger partial charge in [0.25, 0.3) is 5.91 Å². The largest absolute Gasteiger partial charge is 0.371 e. The van der Waals surface area contributed by atoms with Crippen LogP contribution in [0.4, 0.5) is 11.4 Å². The number of benzene rings is 2. The van der Waals surface area contributed by atoms with Gasteiger partial charge in [-0.05, 0) is 54.2 Å². The van der Waals surface area contributed by atoms with E-state index in [1.807, 2.05) is 48.2 Å². The summed E-state index contributed by atoms with van der Waals surface area (Å²) in [6.07, 6.45) is 2.11. The normalized spacial score (nSPS) is 17.3. The first kappa shape index (κ1) is 18.9. The fourth-order valence-corrected chi connectivity index (χ4v) is 4.96. The Kier molecular flexibility index (Phi) is 5.31. The molecule has 1 saturated heterocycles. The molecular formula is C22H26N4OS. The SMILES string of the molecule is CN(C)C(=O)c1cccc(CNC2=Nc3ccccc3NC23CCSCC3)c1. The van der Waals surface area contributed by atoms with Crippen molar-refractivity contribution in [2.24, 2.45) is 4.99 Å². The van der Waals surface area contributed by atoms with E-state index in [0.717, 1.165) is 47.1 Å². The van der Waals surface area contributed by atoms with Crippen molar-refractivity contribution in [3.05, 3.63) is 59.7 Å². The molecule has 0 aromatic heterocycles. The molecule has 2 aromatic carbocycles. The average Bonchev–Trinajstić information content (AvgIpc) is 2.72. The van der Waals surface area contributed by atoms with E-state index in [1.54, 1.807) is 19.0 Å². The zero-order valence-electron chi connectivity index (χ0n) is 16.4. The highest BCUT2D eigenvalue weighted by Gasteiger charge is 2.40. The number of thioether (sulfide) groups is 1. The van der Waals surface area contributed by atoms with Gasteiger partial charge in [-0.3, -0.25) is 4.79 Å². The van der Waals surface area contributed by atoms with Gasteiger partial charge in [-0.25, -0.2) is 4.99 Å². The maximum absolute atomic E-state index is 12.3. The fraction of sp³-hybridized carbons (Fsp3) is 0.364. The van der Waals surface area contributed by atoms with E-state index in [0.29, 0.717) is 12.1 Å². The lowest BCUT2D eigenvalue weighted by Gasteiger charge is -2.42. The number of anilines is 1. The van der Waals surface area contributed by atoms with Gasteiger partial charge in [0.1, 0.15) is 5.84 Å². The third kappa shape index (κ3) is 3.74. The molecule has 6 heteroatoms. The maximum atomic E-state index is 12.3. The summed E-state index contributed by atoms with van der Waals surface area (Å²) in [5.74, 6) is 3.29. The van der Waals surface area contributed by atoms with E-state index in [-0.39, 0.29) is 11.4 Å². The number of carbonyl (C=O) groups is 1. The first-order chi connectivity index (χ1) is 13.6. The van der Waals surface area contributed by atoms with Crippen LogP contribution in [0.5, 0.6) is 0 Å². The highest BCUT2D eigenvalue weighted by molar-refractivity contribution is 7.99. The van der Waals surface area contributed by atoms with E-state index in [1.165, 1.54) is 0 Å². The van der Waals surface area contributed by atoms with Crippen LogP contribution in [0.15, 0.2) is 53.5 Å². The average molecular weight is 395 g/mol. The molecule has 1 spiro atoms. The zero-order chi connectivity index (χ0) is 19.6. The molecule has 5 nitrogen and oxygen atoms in total. The second-order valence-electron chi connectivity index (χ2n) is 7.55. The molecule has 0 bridgehead atoms. The van der Waals surface area contributed by atoms with Gasteiger partial charge in [-0.2, -0.15) is 11.8 Å². The van der Waals surface area contributed by atoms with Gasteiger partial charge in [-0.1, -0.05) is 24.3 Å². The van der Waals surface area contributed by atoms with Gasteiger partial charge >= 0.3 is 0 Å². The second kappa shape index (κ2) is 7.87. The number of amides is 1. The molecule has 2 aliphatic rings. The number of amidine groups is 1. The van der Waals surface area contributed by atoms with Crippen molar-refractivity contribution in [1.29, 1.82) is 0 Å². The van der Waals surface area contributed by atoms with Gasteiger partial charge in [-0.15, -0.1) is 0 Å². The minimum atomic E-state index is -0.128. The standard InChI is InChI=1S/C22H26N4OS/c1-26(2)20(27)17-7-5-6-16(14-17)15-23-21-22(10-12-28-13-11-22)25-19-9-4-3-8-18(19)24-21/h3-9,14,25H,10-13,15H2,1-2H3,(H,23,24). The minimum absolute atomic E-state index is 0.0215. The predicted molar refractivity (Wildman–Crippen MR) is 118 cm³/mol. The molecule has 0 saturated carbocycles. The number of para-hydroxylation sites is 2. The number of nitrogens with zero attached hydrogens (tertiary/aromatic N) is 2. The van der Waals surface area contributed by atoms with Crippen molar-refractivity contribution >= 4 is 34.9 Å². The van der Waals surface area contributed by atoms with Crippen LogP contribution >= 0.6 is 11.8 Å². The fourth-order valence-electron chi connectivity index (χ4n) is 3.77. The monoisotopic (exact) mass is 394 g/mol. The maximum Gasteiger partial charge on any atom is 0.253 e. The first-order valence-corrected chi connectivity index (χ1v) is 10.8. The first-order valence-electron chi connectivity index (χ1n) is 9.66. The van der Waals surface area contributed by atoms with E-state index < -0.39 is 0 Å². The molecule has 0 aliphatic carbocycles. The van der Waals surface area contributed by atoms with Crippen LogP contribution < -0.4 is 10.6 Å². The summed E-state index contributed by atoms with van der Waals surface area (Å²) in [6.45, 7) is 0.645. The Morgan fingerprint density at radius 3 is 2.75 bits per heavy atom. The Hall–Kier alpha value is -2.47. The summed E-state index contributed by atoms with van der Waals surface area (Å²) in [7, 11) is 3.55. The molecule has 2 heterocycles. The number of hydrogen-bond acceptors (Lipinski definition) is 5. The molecule has 4 rings (SSSR count). The third-order valence-electron chi connectivity index (χ3n) is 5.35. The highest BCUT2D eigenvalue weighted by Crippen LogP contribution is 2.39. The Morgan fingerprint density at radius 1 is 1.18 bits per heavy atom. The van der Waals surface area contributed by atoms with Crippen molar-refractivity contribution in [3.63, 3.8) is 0 Å². The summed E-state index contributed by atoms with van der Waals surface area (Å²) in [5, 5.41) is 7.36. The molecule has 0 radical (unpaired) electrons. The zero-order valence-corrected chi connectivity index (χ0v) is 17.2. The molecule has 2 aromatic rings. The van der Waals surface area contributed by atoms with E-state index >= 15 is 0 Å². The second-order valence-corrected chi connectivity index (χ2v) is 8.78. The minimum Gasteiger partial charge on any atom is -0.371 e. The van der Waals surface area contributed by atoms with Crippen LogP contribution in [-0.2, 0) is 6.54 Å². The summed E-state index contributed by atoms with van der Waals surface area (Å²) < 4.78 is 0. The summed E-state index contributed by atoms with van der Waals surface area (Å²) in [4.78, 5) is 18.8. The van der Waals surface area contributed by atoms with Crippen LogP contribution in [-0.4, -0.2) is 47.8 Å². The Bertz CT molecular complexity index is 903. The van der Waals surface area contributed by atoms with Gasteiger partial charge in [0.2, 0.25) is 0 Å². The highest BCUT2D eigenvalue weighted by atomic mass is 32.2. The molecule has 1 amide bonds. The van der Waals surface area contributed by atoms with Crippen molar-refractivity contribution in [2.45, 2.75) is 24.9 Å². The summed E-state index contributed by atoms with van der Waals surface area (Å²) in [6, 6.07) is 16.0. The lowest BCUT2D eigenvalue weighted by Crippen LogP contribution is -2.55. The Balaban J connectivity index is 1.58. The number of hydrogen-bond donors (Lipinski definition) is 2. The van der Waals surface area contributed by atoms with Gasteiger partial charge in [0.05, 0.1) is 16.9 Å². The number of aliphatic imine (C=N–C) groups is 1. The van der Waals surface area contributed by atoms with Crippen molar-refractivity contribution < 1.29 is 4.79 Å². The molecule has 28 heavy (non-hydrogen) atoms. The number of fused-ring (bicyclic) bond motifs is 1. The molecule has 2 N–H and O–H groups in total. The quantitative estimate of drug-likeness (QED) is 0.829. The lowest BCUT2D eigenvalue weighted by atomic mass is 9.88. The van der Waals surface area contributed by atoms with Crippen LogP contribution in [0.3, 0.4) is 0 Å². The van der Waals surface area contributed by atoms with Gasteiger partial charge in [0, 0.05) is 26.2 Å². The molecule has 2 aliphatic heterocycles. The van der Waals surface area contributed by atoms with Crippen LogP contribution in [0.25, 0.3) is 0 Å². The predicted octanol–water partition coefficient (Wildman–Crippen LogP) is 3.90. The molecular weight excluding hydrogens is 368 g/mol. The van der Waals surface area contributed by atoms with Gasteiger partial charge < -0.3 is 15.5 Å². The summed E-state index contributed by atoms with van der Waals surface area (Å²) >= 11 is 2.00. The van der Waals surface area contributed by atoms with Crippen LogP contribution in [0.2, 0.25) is 0 Å². The molecule has 0 atom stereocenters. The van der Waals surface area contributed by atoms with Gasteiger partial charge in [0.15, 0.2) is 0 Å². The molecule has 146 valence electrons. The smallest absolute Gasteiger partial charge is 0.253 e. The van der Waals surface area contributed by atoms with Crippen molar-refractivity contribution in [2.75, 3.05) is 30.9 Å². The van der Waals surface area contributed by atoms with Crippen LogP contribution in [0.1, 0.15) is 28.8 Å². The van der Waals surface area contributed by atoms with E-state index in [2.05, 4.69) is 22.8 Å². The third-order valence-corrected chi connectivity index (χ3v) is 6.34. The van der Waals surface area contributed by atoms with Crippen LogP contribution in [0, 0.1) is 0 Å². The number of rotatable bonds is 3. The Labute approximate surface area is 170 Å².